The van der Waals surface area contributed by atoms with Crippen molar-refractivity contribution in [1.82, 2.24) is 9.88 Å². The van der Waals surface area contributed by atoms with Crippen LogP contribution in [-0.4, -0.2) is 29.4 Å². The highest BCUT2D eigenvalue weighted by molar-refractivity contribution is 5.87. The number of methoxy groups -OCH3 is 1. The molecule has 0 saturated carbocycles. The van der Waals surface area contributed by atoms with Crippen molar-refractivity contribution in [1.29, 1.82) is 0 Å². The van der Waals surface area contributed by atoms with Gasteiger partial charge in [-0.15, -0.1) is 0 Å². The molecular formula is C21H22N2O2. The molecule has 3 aromatic rings. The molecule has 1 atom stereocenters. The minimum atomic E-state index is -0.0699. The fourth-order valence-corrected chi connectivity index (χ4v) is 3.92. The van der Waals surface area contributed by atoms with Crippen LogP contribution in [0.25, 0.3) is 10.9 Å². The van der Waals surface area contributed by atoms with E-state index in [-0.39, 0.29) is 11.9 Å². The van der Waals surface area contributed by atoms with Gasteiger partial charge in [-0.3, -0.25) is 4.79 Å². The Hall–Kier alpha value is -2.75. The molecule has 0 saturated heterocycles. The summed E-state index contributed by atoms with van der Waals surface area (Å²) in [6.07, 6.45) is 0.852. The quantitative estimate of drug-likeness (QED) is 0.770. The standard InChI is InChI=1S/C21H22N2O2/c1-13-5-4-6-15(11-13)21-20-17(9-10-23(21)14(2)24)18-12-16(25-3)7-8-19(18)22-20/h4-8,11-12,21-22H,9-10H2,1-3H3. The van der Waals surface area contributed by atoms with Crippen LogP contribution < -0.4 is 4.74 Å². The highest BCUT2D eigenvalue weighted by Crippen LogP contribution is 2.39. The Kier molecular flexibility index (Phi) is 3.75. The second-order valence-electron chi connectivity index (χ2n) is 6.71. The van der Waals surface area contributed by atoms with E-state index in [1.54, 1.807) is 14.0 Å². The van der Waals surface area contributed by atoms with E-state index in [2.05, 4.69) is 48.3 Å². The van der Waals surface area contributed by atoms with Gasteiger partial charge in [-0.2, -0.15) is 0 Å². The van der Waals surface area contributed by atoms with E-state index >= 15 is 0 Å². The van der Waals surface area contributed by atoms with Crippen LogP contribution in [-0.2, 0) is 11.2 Å². The zero-order chi connectivity index (χ0) is 17.6. The van der Waals surface area contributed by atoms with Gasteiger partial charge in [-0.05, 0) is 42.7 Å². The van der Waals surface area contributed by atoms with Gasteiger partial charge in [0.1, 0.15) is 5.75 Å². The number of carbonyl (C=O) groups is 1. The van der Waals surface area contributed by atoms with Gasteiger partial charge in [0.25, 0.3) is 0 Å². The number of nitrogens with one attached hydrogen (secondary N) is 1. The van der Waals surface area contributed by atoms with Crippen molar-refractivity contribution in [3.63, 3.8) is 0 Å². The highest BCUT2D eigenvalue weighted by atomic mass is 16.5. The molecule has 25 heavy (non-hydrogen) atoms. The second-order valence-corrected chi connectivity index (χ2v) is 6.71. The maximum absolute atomic E-state index is 12.3. The van der Waals surface area contributed by atoms with Crippen molar-refractivity contribution in [3.8, 4) is 5.75 Å². The number of carbonyl (C=O) groups excluding carboxylic acids is 1. The second kappa shape index (κ2) is 5.96. The van der Waals surface area contributed by atoms with E-state index in [0.29, 0.717) is 0 Å². The molecule has 4 heteroatoms. The first-order valence-electron chi connectivity index (χ1n) is 8.60. The molecule has 1 amide bonds. The van der Waals surface area contributed by atoms with Crippen molar-refractivity contribution in [2.75, 3.05) is 13.7 Å². The molecule has 0 spiro atoms. The predicted octanol–water partition coefficient (Wildman–Crippen LogP) is 3.98. The minimum absolute atomic E-state index is 0.0699. The van der Waals surface area contributed by atoms with E-state index in [0.717, 1.165) is 35.5 Å². The summed E-state index contributed by atoms with van der Waals surface area (Å²) in [4.78, 5) is 17.8. The van der Waals surface area contributed by atoms with Gasteiger partial charge in [0.2, 0.25) is 5.91 Å². The largest absolute Gasteiger partial charge is 0.497 e. The lowest BCUT2D eigenvalue weighted by atomic mass is 9.91. The molecule has 1 aromatic heterocycles. The third-order valence-electron chi connectivity index (χ3n) is 5.10. The summed E-state index contributed by atoms with van der Waals surface area (Å²) in [7, 11) is 1.69. The van der Waals surface area contributed by atoms with Gasteiger partial charge in [0, 0.05) is 30.1 Å². The number of aryl methyl sites for hydroxylation is 1. The molecular weight excluding hydrogens is 312 g/mol. The number of fused-ring (bicyclic) bond motifs is 3. The predicted molar refractivity (Wildman–Crippen MR) is 99.0 cm³/mol. The van der Waals surface area contributed by atoms with Crippen LogP contribution in [0.2, 0.25) is 0 Å². The Balaban J connectivity index is 1.93. The first-order valence-corrected chi connectivity index (χ1v) is 8.60. The topological polar surface area (TPSA) is 45.3 Å². The average Bonchev–Trinajstić information content (AvgIpc) is 2.98. The number of rotatable bonds is 2. The Bertz CT molecular complexity index is 958. The lowest BCUT2D eigenvalue weighted by Crippen LogP contribution is -2.39. The van der Waals surface area contributed by atoms with Gasteiger partial charge in [0.15, 0.2) is 0 Å². The molecule has 1 aliphatic rings. The van der Waals surface area contributed by atoms with Crippen molar-refractivity contribution in [2.24, 2.45) is 0 Å². The number of aromatic amines is 1. The summed E-state index contributed by atoms with van der Waals surface area (Å²) < 4.78 is 5.39. The SMILES string of the molecule is COc1ccc2[nH]c3c(c2c1)CCN(C(C)=O)C3c1cccc(C)c1. The number of benzene rings is 2. The molecule has 0 aliphatic carbocycles. The van der Waals surface area contributed by atoms with Crippen molar-refractivity contribution < 1.29 is 9.53 Å². The maximum Gasteiger partial charge on any atom is 0.220 e. The molecule has 4 rings (SSSR count). The molecule has 0 bridgehead atoms. The average molecular weight is 334 g/mol. The van der Waals surface area contributed by atoms with Gasteiger partial charge in [0.05, 0.1) is 13.2 Å². The number of hydrogen-bond acceptors (Lipinski definition) is 2. The normalized spacial score (nSPS) is 16.8. The number of H-pyrrole nitrogens is 1. The first-order chi connectivity index (χ1) is 12.1. The number of ether oxygens (including phenoxy) is 1. The fraction of sp³-hybridized carbons (Fsp3) is 0.286. The summed E-state index contributed by atoms with van der Waals surface area (Å²) >= 11 is 0. The molecule has 1 unspecified atom stereocenters. The molecule has 1 aliphatic heterocycles. The molecule has 2 aromatic carbocycles. The van der Waals surface area contributed by atoms with Gasteiger partial charge < -0.3 is 14.6 Å². The number of nitrogens with zero attached hydrogens (tertiary/aromatic N) is 1. The van der Waals surface area contributed by atoms with E-state index in [4.69, 9.17) is 4.74 Å². The number of aromatic nitrogens is 1. The van der Waals surface area contributed by atoms with Crippen LogP contribution in [0.1, 0.15) is 35.3 Å². The van der Waals surface area contributed by atoms with Gasteiger partial charge >= 0.3 is 0 Å². The molecule has 128 valence electrons. The highest BCUT2D eigenvalue weighted by Gasteiger charge is 2.33. The Morgan fingerprint density at radius 2 is 2.08 bits per heavy atom. The van der Waals surface area contributed by atoms with Crippen LogP contribution >= 0.6 is 0 Å². The smallest absolute Gasteiger partial charge is 0.220 e. The van der Waals surface area contributed by atoms with Crippen LogP contribution in [0.15, 0.2) is 42.5 Å². The monoisotopic (exact) mass is 334 g/mol. The summed E-state index contributed by atoms with van der Waals surface area (Å²) in [5.41, 5.74) is 5.85. The first kappa shape index (κ1) is 15.8. The van der Waals surface area contributed by atoms with Crippen LogP contribution in [0.4, 0.5) is 0 Å². The van der Waals surface area contributed by atoms with Crippen LogP contribution in [0, 0.1) is 6.92 Å². The molecule has 1 N–H and O–H groups in total. The minimum Gasteiger partial charge on any atom is -0.497 e. The number of hydrogen-bond donors (Lipinski definition) is 1. The Morgan fingerprint density at radius 1 is 1.24 bits per heavy atom. The lowest BCUT2D eigenvalue weighted by Gasteiger charge is -2.35. The van der Waals surface area contributed by atoms with Crippen LogP contribution in [0.3, 0.4) is 0 Å². The number of amides is 1. The lowest BCUT2D eigenvalue weighted by molar-refractivity contribution is -0.130. The molecule has 0 radical (unpaired) electrons. The fourth-order valence-electron chi connectivity index (χ4n) is 3.92. The zero-order valence-electron chi connectivity index (χ0n) is 14.8. The van der Waals surface area contributed by atoms with E-state index in [1.165, 1.54) is 16.5 Å². The van der Waals surface area contributed by atoms with E-state index in [9.17, 15) is 4.79 Å². The Labute approximate surface area is 147 Å². The Morgan fingerprint density at radius 3 is 2.80 bits per heavy atom. The third-order valence-corrected chi connectivity index (χ3v) is 5.10. The van der Waals surface area contributed by atoms with Crippen molar-refractivity contribution >= 4 is 16.8 Å². The summed E-state index contributed by atoms with van der Waals surface area (Å²) in [6.45, 7) is 4.46. The van der Waals surface area contributed by atoms with E-state index in [1.807, 2.05) is 11.0 Å². The van der Waals surface area contributed by atoms with E-state index < -0.39 is 0 Å². The van der Waals surface area contributed by atoms with Gasteiger partial charge in [-0.25, -0.2) is 0 Å². The summed E-state index contributed by atoms with van der Waals surface area (Å²) in [6, 6.07) is 14.5. The zero-order valence-corrected chi connectivity index (χ0v) is 14.8. The summed E-state index contributed by atoms with van der Waals surface area (Å²) in [5, 5.41) is 1.19. The van der Waals surface area contributed by atoms with Crippen molar-refractivity contribution in [2.45, 2.75) is 26.3 Å². The maximum atomic E-state index is 12.3. The van der Waals surface area contributed by atoms with Gasteiger partial charge in [-0.1, -0.05) is 29.8 Å². The molecule has 2 heterocycles. The molecule has 4 nitrogen and oxygen atoms in total. The molecule has 0 fully saturated rings. The third kappa shape index (κ3) is 2.58. The summed E-state index contributed by atoms with van der Waals surface area (Å²) in [5.74, 6) is 0.962. The van der Waals surface area contributed by atoms with Crippen LogP contribution in [0.5, 0.6) is 5.75 Å². The van der Waals surface area contributed by atoms with Crippen molar-refractivity contribution in [3.05, 3.63) is 64.8 Å².